The number of allylic oxidation sites excluding steroid dienone is 1. The fourth-order valence-electron chi connectivity index (χ4n) is 2.20. The maximum atomic E-state index is 4.72. The lowest BCUT2D eigenvalue weighted by Gasteiger charge is -2.18. The van der Waals surface area contributed by atoms with Crippen molar-refractivity contribution in [2.24, 2.45) is 0 Å². The van der Waals surface area contributed by atoms with E-state index in [1.165, 1.54) is 10.3 Å². The van der Waals surface area contributed by atoms with Gasteiger partial charge in [-0.2, -0.15) is 0 Å². The SMILES string of the molecule is C=C(C)N(C)c1ccc(-c2nc3ccc(C)cc3s2)cc1. The number of fused-ring (bicyclic) bond motifs is 1. The van der Waals surface area contributed by atoms with Crippen molar-refractivity contribution in [1.82, 2.24) is 4.98 Å². The summed E-state index contributed by atoms with van der Waals surface area (Å²) in [4.78, 5) is 6.80. The van der Waals surface area contributed by atoms with E-state index >= 15 is 0 Å². The van der Waals surface area contributed by atoms with E-state index < -0.39 is 0 Å². The number of rotatable bonds is 3. The van der Waals surface area contributed by atoms with Crippen molar-refractivity contribution >= 4 is 27.2 Å². The number of anilines is 1. The van der Waals surface area contributed by atoms with Gasteiger partial charge in [-0.3, -0.25) is 0 Å². The lowest BCUT2D eigenvalue weighted by atomic mass is 10.2. The van der Waals surface area contributed by atoms with Gasteiger partial charge >= 0.3 is 0 Å². The van der Waals surface area contributed by atoms with E-state index in [0.29, 0.717) is 0 Å². The maximum Gasteiger partial charge on any atom is 0.124 e. The van der Waals surface area contributed by atoms with E-state index in [0.717, 1.165) is 27.5 Å². The Balaban J connectivity index is 1.97. The summed E-state index contributed by atoms with van der Waals surface area (Å²) < 4.78 is 1.24. The molecule has 3 aromatic rings. The molecule has 0 aliphatic carbocycles. The molecule has 0 aliphatic heterocycles. The molecule has 3 heteroatoms. The normalized spacial score (nSPS) is 10.8. The van der Waals surface area contributed by atoms with Gasteiger partial charge in [-0.1, -0.05) is 12.6 Å². The van der Waals surface area contributed by atoms with Crippen LogP contribution in [0.2, 0.25) is 0 Å². The molecule has 0 radical (unpaired) electrons. The number of nitrogens with zero attached hydrogens (tertiary/aromatic N) is 2. The summed E-state index contributed by atoms with van der Waals surface area (Å²) in [6.45, 7) is 8.08. The molecule has 0 atom stereocenters. The number of aryl methyl sites for hydroxylation is 1. The summed E-state index contributed by atoms with van der Waals surface area (Å²) in [6.07, 6.45) is 0. The summed E-state index contributed by atoms with van der Waals surface area (Å²) in [7, 11) is 2.03. The van der Waals surface area contributed by atoms with E-state index in [1.54, 1.807) is 11.3 Å². The zero-order valence-corrected chi connectivity index (χ0v) is 13.4. The predicted octanol–water partition coefficient (Wildman–Crippen LogP) is 5.24. The Morgan fingerprint density at radius 3 is 2.52 bits per heavy atom. The van der Waals surface area contributed by atoms with Crippen molar-refractivity contribution in [3.8, 4) is 10.6 Å². The molecule has 1 aromatic heterocycles. The van der Waals surface area contributed by atoms with Crippen molar-refractivity contribution in [2.45, 2.75) is 13.8 Å². The molecule has 2 aromatic carbocycles. The van der Waals surface area contributed by atoms with Gasteiger partial charge in [0.05, 0.1) is 10.2 Å². The molecular formula is C18H18N2S. The van der Waals surface area contributed by atoms with E-state index in [-0.39, 0.29) is 0 Å². The summed E-state index contributed by atoms with van der Waals surface area (Å²) >= 11 is 1.74. The predicted molar refractivity (Wildman–Crippen MR) is 93.0 cm³/mol. The van der Waals surface area contributed by atoms with Gasteiger partial charge < -0.3 is 4.90 Å². The third kappa shape index (κ3) is 2.69. The van der Waals surface area contributed by atoms with Crippen LogP contribution in [-0.4, -0.2) is 12.0 Å². The highest BCUT2D eigenvalue weighted by Crippen LogP contribution is 2.31. The Morgan fingerprint density at radius 2 is 1.86 bits per heavy atom. The third-order valence-corrected chi connectivity index (χ3v) is 4.69. The first-order valence-corrected chi connectivity index (χ1v) is 7.73. The molecule has 0 fully saturated rings. The largest absolute Gasteiger partial charge is 0.349 e. The molecule has 106 valence electrons. The molecule has 0 unspecified atom stereocenters. The van der Waals surface area contributed by atoms with Gasteiger partial charge in [-0.05, 0) is 55.8 Å². The lowest BCUT2D eigenvalue weighted by molar-refractivity contribution is 1.10. The van der Waals surface area contributed by atoms with Crippen LogP contribution in [0.1, 0.15) is 12.5 Å². The monoisotopic (exact) mass is 294 g/mol. The second-order valence-corrected chi connectivity index (χ2v) is 6.36. The smallest absolute Gasteiger partial charge is 0.124 e. The average Bonchev–Trinajstić information content (AvgIpc) is 2.89. The number of hydrogen-bond acceptors (Lipinski definition) is 3. The van der Waals surface area contributed by atoms with E-state index in [9.17, 15) is 0 Å². The van der Waals surface area contributed by atoms with Gasteiger partial charge in [0.15, 0.2) is 0 Å². The van der Waals surface area contributed by atoms with Crippen LogP contribution in [-0.2, 0) is 0 Å². The van der Waals surface area contributed by atoms with Gasteiger partial charge in [0.1, 0.15) is 5.01 Å². The van der Waals surface area contributed by atoms with Gasteiger partial charge in [-0.25, -0.2) is 4.98 Å². The summed E-state index contributed by atoms with van der Waals surface area (Å²) in [5.41, 5.74) is 5.67. The summed E-state index contributed by atoms with van der Waals surface area (Å²) in [5.74, 6) is 0. The molecule has 0 saturated carbocycles. The molecule has 0 spiro atoms. The summed E-state index contributed by atoms with van der Waals surface area (Å²) in [6, 6.07) is 14.9. The Labute approximate surface area is 129 Å². The van der Waals surface area contributed by atoms with E-state index in [4.69, 9.17) is 4.98 Å². The zero-order valence-electron chi connectivity index (χ0n) is 12.6. The molecule has 0 aliphatic rings. The minimum absolute atomic E-state index is 1.03. The molecule has 3 rings (SSSR count). The van der Waals surface area contributed by atoms with Gasteiger partial charge in [0, 0.05) is 24.0 Å². The fourth-order valence-corrected chi connectivity index (χ4v) is 3.27. The van der Waals surface area contributed by atoms with Crippen molar-refractivity contribution in [1.29, 1.82) is 0 Å². The van der Waals surface area contributed by atoms with Crippen LogP contribution in [0.5, 0.6) is 0 Å². The van der Waals surface area contributed by atoms with E-state index in [1.807, 2.05) is 14.0 Å². The van der Waals surface area contributed by atoms with Gasteiger partial charge in [-0.15, -0.1) is 11.3 Å². The number of thiazole rings is 1. The van der Waals surface area contributed by atoms with Crippen molar-refractivity contribution in [3.63, 3.8) is 0 Å². The maximum absolute atomic E-state index is 4.72. The zero-order chi connectivity index (χ0) is 15.0. The molecule has 0 bridgehead atoms. The molecule has 21 heavy (non-hydrogen) atoms. The van der Waals surface area contributed by atoms with Crippen molar-refractivity contribution < 1.29 is 0 Å². The minimum Gasteiger partial charge on any atom is -0.349 e. The average molecular weight is 294 g/mol. The molecule has 0 saturated heterocycles. The molecule has 2 nitrogen and oxygen atoms in total. The van der Waals surface area contributed by atoms with Gasteiger partial charge in [0.2, 0.25) is 0 Å². The summed E-state index contributed by atoms with van der Waals surface area (Å²) in [5, 5.41) is 1.07. The first-order chi connectivity index (χ1) is 10.0. The highest BCUT2D eigenvalue weighted by Gasteiger charge is 2.07. The first-order valence-electron chi connectivity index (χ1n) is 6.91. The molecule has 1 heterocycles. The Bertz CT molecular complexity index is 800. The Hall–Kier alpha value is -2.13. The highest BCUT2D eigenvalue weighted by atomic mass is 32.1. The Kier molecular flexibility index (Phi) is 3.52. The second-order valence-electron chi connectivity index (χ2n) is 5.33. The number of aromatic nitrogens is 1. The number of benzene rings is 2. The topological polar surface area (TPSA) is 16.1 Å². The molecule has 0 amide bonds. The van der Waals surface area contributed by atoms with Crippen LogP contribution < -0.4 is 4.90 Å². The van der Waals surface area contributed by atoms with E-state index in [2.05, 4.69) is 60.9 Å². The van der Waals surface area contributed by atoms with Crippen LogP contribution in [0.3, 0.4) is 0 Å². The minimum atomic E-state index is 1.03. The standard InChI is InChI=1S/C18H18N2S/c1-12(2)20(4)15-8-6-14(7-9-15)18-19-16-10-5-13(3)11-17(16)21-18/h5-11H,1H2,2-4H3. The van der Waals surface area contributed by atoms with Gasteiger partial charge in [0.25, 0.3) is 0 Å². The Morgan fingerprint density at radius 1 is 1.14 bits per heavy atom. The molecular weight excluding hydrogens is 276 g/mol. The fraction of sp³-hybridized carbons (Fsp3) is 0.167. The lowest BCUT2D eigenvalue weighted by Crippen LogP contribution is -2.12. The van der Waals surface area contributed by atoms with Crippen LogP contribution in [0.25, 0.3) is 20.8 Å². The van der Waals surface area contributed by atoms with Crippen LogP contribution in [0.4, 0.5) is 5.69 Å². The van der Waals surface area contributed by atoms with Crippen LogP contribution >= 0.6 is 11.3 Å². The van der Waals surface area contributed by atoms with Crippen molar-refractivity contribution in [3.05, 3.63) is 60.3 Å². The quantitative estimate of drug-likeness (QED) is 0.656. The van der Waals surface area contributed by atoms with Crippen LogP contribution in [0, 0.1) is 6.92 Å². The second kappa shape index (κ2) is 5.34. The third-order valence-electron chi connectivity index (χ3n) is 3.62. The first kappa shape index (κ1) is 13.8. The number of hydrogen-bond donors (Lipinski definition) is 0. The van der Waals surface area contributed by atoms with Crippen molar-refractivity contribution in [2.75, 3.05) is 11.9 Å². The highest BCUT2D eigenvalue weighted by molar-refractivity contribution is 7.21. The molecule has 0 N–H and O–H groups in total. The van der Waals surface area contributed by atoms with Crippen LogP contribution in [0.15, 0.2) is 54.7 Å².